The first-order valence-electron chi connectivity index (χ1n) is 7.33. The van der Waals surface area contributed by atoms with Crippen LogP contribution in [0, 0.1) is 0 Å². The van der Waals surface area contributed by atoms with Crippen LogP contribution in [0.5, 0.6) is 5.75 Å². The average Bonchev–Trinajstić information content (AvgIpc) is 2.49. The lowest BCUT2D eigenvalue weighted by atomic mass is 9.92. The van der Waals surface area contributed by atoms with Crippen molar-refractivity contribution in [3.63, 3.8) is 0 Å². The lowest BCUT2D eigenvalue weighted by molar-refractivity contribution is 0.475. The van der Waals surface area contributed by atoms with Gasteiger partial charge < -0.3 is 10.4 Å². The van der Waals surface area contributed by atoms with Gasteiger partial charge in [-0.1, -0.05) is 49.4 Å². The molecule has 2 aromatic carbocycles. The molecule has 0 saturated heterocycles. The minimum atomic E-state index is 0.328. The topological polar surface area (TPSA) is 32.3 Å². The van der Waals surface area contributed by atoms with Crippen LogP contribution in [0.25, 0.3) is 0 Å². The summed E-state index contributed by atoms with van der Waals surface area (Å²) >= 11 is 0. The Bertz CT molecular complexity index is 493. The van der Waals surface area contributed by atoms with Gasteiger partial charge in [-0.2, -0.15) is 0 Å². The van der Waals surface area contributed by atoms with Crippen molar-refractivity contribution in [1.82, 2.24) is 5.32 Å². The number of rotatable bonds is 7. The summed E-state index contributed by atoms with van der Waals surface area (Å²) in [4.78, 5) is 0. The van der Waals surface area contributed by atoms with Crippen LogP contribution in [0.2, 0.25) is 0 Å². The summed E-state index contributed by atoms with van der Waals surface area (Å²) in [6.45, 7) is 4.22. The third kappa shape index (κ3) is 4.39. The molecule has 0 aromatic heterocycles. The van der Waals surface area contributed by atoms with E-state index < -0.39 is 0 Å². The Kier molecular flexibility index (Phi) is 5.63. The molecule has 0 radical (unpaired) electrons. The lowest BCUT2D eigenvalue weighted by Crippen LogP contribution is -2.23. The Morgan fingerprint density at radius 2 is 1.70 bits per heavy atom. The molecular weight excluding hydrogens is 246 g/mol. The van der Waals surface area contributed by atoms with Crippen LogP contribution >= 0.6 is 0 Å². The molecule has 2 N–H and O–H groups in total. The molecule has 0 spiro atoms. The quantitative estimate of drug-likeness (QED) is 0.751. The van der Waals surface area contributed by atoms with Gasteiger partial charge in [0.25, 0.3) is 0 Å². The first kappa shape index (κ1) is 14.6. The van der Waals surface area contributed by atoms with E-state index in [0.29, 0.717) is 11.7 Å². The van der Waals surface area contributed by atoms with Crippen molar-refractivity contribution in [2.45, 2.75) is 25.7 Å². The molecule has 20 heavy (non-hydrogen) atoms. The first-order valence-corrected chi connectivity index (χ1v) is 7.33. The Morgan fingerprint density at radius 1 is 1.00 bits per heavy atom. The van der Waals surface area contributed by atoms with Crippen LogP contribution in [0.15, 0.2) is 54.6 Å². The summed E-state index contributed by atoms with van der Waals surface area (Å²) in [6, 6.07) is 18.2. The van der Waals surface area contributed by atoms with Gasteiger partial charge in [0, 0.05) is 12.5 Å². The maximum Gasteiger partial charge on any atom is 0.115 e. The molecule has 0 saturated carbocycles. The van der Waals surface area contributed by atoms with Crippen molar-refractivity contribution >= 4 is 0 Å². The highest BCUT2D eigenvalue weighted by Crippen LogP contribution is 2.21. The van der Waals surface area contributed by atoms with Crippen LogP contribution in [0.3, 0.4) is 0 Å². The molecule has 2 rings (SSSR count). The van der Waals surface area contributed by atoms with Gasteiger partial charge in [-0.3, -0.25) is 0 Å². The SMILES string of the molecule is CCCNCC(Cc1ccc(O)cc1)c1ccccc1. The highest BCUT2D eigenvalue weighted by molar-refractivity contribution is 5.29. The average molecular weight is 269 g/mol. The molecule has 2 nitrogen and oxygen atoms in total. The molecule has 0 amide bonds. The molecule has 0 fully saturated rings. The number of hydrogen-bond acceptors (Lipinski definition) is 2. The van der Waals surface area contributed by atoms with E-state index in [1.807, 2.05) is 12.1 Å². The van der Waals surface area contributed by atoms with Crippen LogP contribution in [0.1, 0.15) is 30.4 Å². The van der Waals surface area contributed by atoms with E-state index >= 15 is 0 Å². The molecular formula is C18H23NO. The summed E-state index contributed by atoms with van der Waals surface area (Å²) in [5, 5.41) is 12.9. The predicted octanol–water partition coefficient (Wildman–Crippen LogP) is 3.72. The molecule has 0 aliphatic rings. The van der Waals surface area contributed by atoms with Crippen LogP contribution < -0.4 is 5.32 Å². The summed E-state index contributed by atoms with van der Waals surface area (Å²) in [5.74, 6) is 0.793. The van der Waals surface area contributed by atoms with Crippen LogP contribution in [-0.2, 0) is 6.42 Å². The minimum absolute atomic E-state index is 0.328. The molecule has 1 atom stereocenters. The van der Waals surface area contributed by atoms with Gasteiger partial charge in [-0.25, -0.2) is 0 Å². The molecule has 106 valence electrons. The van der Waals surface area contributed by atoms with Gasteiger partial charge in [0.05, 0.1) is 0 Å². The van der Waals surface area contributed by atoms with E-state index in [0.717, 1.165) is 25.9 Å². The van der Waals surface area contributed by atoms with E-state index in [1.165, 1.54) is 11.1 Å². The summed E-state index contributed by atoms with van der Waals surface area (Å²) < 4.78 is 0. The highest BCUT2D eigenvalue weighted by Gasteiger charge is 2.11. The van der Waals surface area contributed by atoms with Gasteiger partial charge in [0.15, 0.2) is 0 Å². The smallest absolute Gasteiger partial charge is 0.115 e. The van der Waals surface area contributed by atoms with Crippen molar-refractivity contribution in [3.05, 3.63) is 65.7 Å². The van der Waals surface area contributed by atoms with Gasteiger partial charge in [0.2, 0.25) is 0 Å². The van der Waals surface area contributed by atoms with Crippen molar-refractivity contribution in [2.24, 2.45) is 0 Å². The zero-order valence-electron chi connectivity index (χ0n) is 12.0. The molecule has 1 unspecified atom stereocenters. The minimum Gasteiger partial charge on any atom is -0.508 e. The van der Waals surface area contributed by atoms with Gasteiger partial charge in [-0.15, -0.1) is 0 Å². The lowest BCUT2D eigenvalue weighted by Gasteiger charge is -2.18. The van der Waals surface area contributed by atoms with E-state index in [9.17, 15) is 5.11 Å². The monoisotopic (exact) mass is 269 g/mol. The number of aromatic hydroxyl groups is 1. The van der Waals surface area contributed by atoms with Gasteiger partial charge in [-0.05, 0) is 42.6 Å². The number of benzene rings is 2. The molecule has 0 aliphatic carbocycles. The zero-order valence-corrected chi connectivity index (χ0v) is 12.0. The fourth-order valence-corrected chi connectivity index (χ4v) is 2.40. The Morgan fingerprint density at radius 3 is 2.35 bits per heavy atom. The van der Waals surface area contributed by atoms with Crippen molar-refractivity contribution < 1.29 is 5.11 Å². The van der Waals surface area contributed by atoms with Gasteiger partial charge in [0.1, 0.15) is 5.75 Å². The summed E-state index contributed by atoms with van der Waals surface area (Å²) in [6.07, 6.45) is 2.14. The van der Waals surface area contributed by atoms with Crippen LogP contribution in [-0.4, -0.2) is 18.2 Å². The fraction of sp³-hybridized carbons (Fsp3) is 0.333. The molecule has 0 heterocycles. The second-order valence-electron chi connectivity index (χ2n) is 5.18. The van der Waals surface area contributed by atoms with E-state index in [-0.39, 0.29) is 0 Å². The Balaban J connectivity index is 2.07. The zero-order chi connectivity index (χ0) is 14.2. The predicted molar refractivity (Wildman–Crippen MR) is 84.2 cm³/mol. The van der Waals surface area contributed by atoms with Crippen molar-refractivity contribution in [3.8, 4) is 5.75 Å². The van der Waals surface area contributed by atoms with E-state index in [2.05, 4.69) is 42.6 Å². The highest BCUT2D eigenvalue weighted by atomic mass is 16.3. The molecule has 0 aliphatic heterocycles. The van der Waals surface area contributed by atoms with Crippen molar-refractivity contribution in [1.29, 1.82) is 0 Å². The standard InChI is InChI=1S/C18H23NO/c1-2-12-19-14-17(16-6-4-3-5-7-16)13-15-8-10-18(20)11-9-15/h3-11,17,19-20H,2,12-14H2,1H3. The summed E-state index contributed by atoms with van der Waals surface area (Å²) in [5.41, 5.74) is 2.62. The largest absolute Gasteiger partial charge is 0.508 e. The van der Waals surface area contributed by atoms with E-state index in [4.69, 9.17) is 0 Å². The molecule has 2 aromatic rings. The number of nitrogens with one attached hydrogen (secondary N) is 1. The third-order valence-corrected chi connectivity index (χ3v) is 3.51. The second-order valence-corrected chi connectivity index (χ2v) is 5.18. The number of phenolic OH excluding ortho intramolecular Hbond substituents is 1. The normalized spacial score (nSPS) is 12.2. The maximum atomic E-state index is 9.37. The Hall–Kier alpha value is -1.80. The van der Waals surface area contributed by atoms with Crippen LogP contribution in [0.4, 0.5) is 0 Å². The summed E-state index contributed by atoms with van der Waals surface area (Å²) in [7, 11) is 0. The van der Waals surface area contributed by atoms with Crippen molar-refractivity contribution in [2.75, 3.05) is 13.1 Å². The first-order chi connectivity index (χ1) is 9.79. The number of hydrogen-bond donors (Lipinski definition) is 2. The van der Waals surface area contributed by atoms with E-state index in [1.54, 1.807) is 12.1 Å². The van der Waals surface area contributed by atoms with Gasteiger partial charge >= 0.3 is 0 Å². The Labute approximate surface area is 121 Å². The molecule has 0 bridgehead atoms. The molecule has 2 heteroatoms. The third-order valence-electron chi connectivity index (χ3n) is 3.51. The number of phenols is 1. The fourth-order valence-electron chi connectivity index (χ4n) is 2.40. The maximum absolute atomic E-state index is 9.37. The second kappa shape index (κ2) is 7.71.